The predicted octanol–water partition coefficient (Wildman–Crippen LogP) is 7.60. The SMILES string of the molecule is CCCCCCCC/C=C\CCCCCCCCOC(=O)c1ccc(OC)c(O)c1. The van der Waals surface area contributed by atoms with Crippen molar-refractivity contribution < 1.29 is 19.4 Å². The second kappa shape index (κ2) is 17.9. The third-order valence-corrected chi connectivity index (χ3v) is 5.30. The zero-order valence-electron chi connectivity index (χ0n) is 19.2. The van der Waals surface area contributed by atoms with Gasteiger partial charge in [0.2, 0.25) is 0 Å². The summed E-state index contributed by atoms with van der Waals surface area (Å²) < 4.78 is 10.2. The van der Waals surface area contributed by atoms with Crippen LogP contribution >= 0.6 is 0 Å². The van der Waals surface area contributed by atoms with Crippen molar-refractivity contribution >= 4 is 5.97 Å². The van der Waals surface area contributed by atoms with Crippen LogP contribution < -0.4 is 4.74 Å². The van der Waals surface area contributed by atoms with Crippen LogP contribution in [-0.2, 0) is 4.74 Å². The van der Waals surface area contributed by atoms with Gasteiger partial charge in [-0.15, -0.1) is 0 Å². The van der Waals surface area contributed by atoms with Gasteiger partial charge >= 0.3 is 5.97 Å². The topological polar surface area (TPSA) is 55.8 Å². The zero-order chi connectivity index (χ0) is 21.9. The molecule has 1 rings (SSSR count). The van der Waals surface area contributed by atoms with Crippen LogP contribution in [0.4, 0.5) is 0 Å². The van der Waals surface area contributed by atoms with Crippen LogP contribution in [-0.4, -0.2) is 24.8 Å². The van der Waals surface area contributed by atoms with E-state index in [1.165, 1.54) is 90.2 Å². The standard InChI is InChI=1S/C26H42O4/c1-3-4-5-6-7-8-9-10-11-12-13-14-15-16-17-18-21-30-26(28)23-19-20-25(29-2)24(27)22-23/h10-11,19-20,22,27H,3-9,12-18,21H2,1-2H3/b11-10-. The number of hydrogen-bond acceptors (Lipinski definition) is 4. The van der Waals surface area contributed by atoms with E-state index in [1.54, 1.807) is 12.1 Å². The normalized spacial score (nSPS) is 11.1. The van der Waals surface area contributed by atoms with Gasteiger partial charge in [0, 0.05) is 0 Å². The highest BCUT2D eigenvalue weighted by Crippen LogP contribution is 2.26. The first-order chi connectivity index (χ1) is 14.7. The van der Waals surface area contributed by atoms with Gasteiger partial charge in [0.15, 0.2) is 11.5 Å². The first-order valence-electron chi connectivity index (χ1n) is 11.9. The van der Waals surface area contributed by atoms with Crippen molar-refractivity contribution in [3.63, 3.8) is 0 Å². The van der Waals surface area contributed by atoms with Crippen LogP contribution in [0.5, 0.6) is 11.5 Å². The van der Waals surface area contributed by atoms with Crippen molar-refractivity contribution in [2.45, 2.75) is 96.8 Å². The number of hydrogen-bond donors (Lipinski definition) is 1. The Kier molecular flexibility index (Phi) is 15.5. The number of carbonyl (C=O) groups is 1. The Morgan fingerprint density at radius 1 is 0.867 bits per heavy atom. The molecule has 0 spiro atoms. The van der Waals surface area contributed by atoms with Crippen LogP contribution in [0.25, 0.3) is 0 Å². The molecule has 0 aliphatic carbocycles. The van der Waals surface area contributed by atoms with E-state index in [0.29, 0.717) is 17.9 Å². The molecule has 170 valence electrons. The Balaban J connectivity index is 1.91. The van der Waals surface area contributed by atoms with Gasteiger partial charge in [-0.25, -0.2) is 4.79 Å². The lowest BCUT2D eigenvalue weighted by atomic mass is 10.1. The Hall–Kier alpha value is -1.97. The molecule has 4 heteroatoms. The first kappa shape index (κ1) is 26.1. The lowest BCUT2D eigenvalue weighted by Crippen LogP contribution is -2.06. The van der Waals surface area contributed by atoms with Crippen molar-refractivity contribution in [2.24, 2.45) is 0 Å². The third kappa shape index (κ3) is 12.6. The molecule has 0 saturated heterocycles. The number of aromatic hydroxyl groups is 1. The molecule has 0 atom stereocenters. The smallest absolute Gasteiger partial charge is 0.338 e. The molecule has 0 radical (unpaired) electrons. The Bertz CT molecular complexity index is 595. The van der Waals surface area contributed by atoms with E-state index in [4.69, 9.17) is 9.47 Å². The predicted molar refractivity (Wildman–Crippen MR) is 124 cm³/mol. The molecule has 0 unspecified atom stereocenters. The molecule has 0 aliphatic heterocycles. The van der Waals surface area contributed by atoms with E-state index in [2.05, 4.69) is 19.1 Å². The van der Waals surface area contributed by atoms with Crippen LogP contribution in [0.3, 0.4) is 0 Å². The lowest BCUT2D eigenvalue weighted by molar-refractivity contribution is 0.0497. The van der Waals surface area contributed by atoms with Crippen LogP contribution in [0, 0.1) is 0 Å². The number of esters is 1. The molecule has 1 aromatic carbocycles. The van der Waals surface area contributed by atoms with Crippen LogP contribution in [0.1, 0.15) is 107 Å². The van der Waals surface area contributed by atoms with E-state index in [9.17, 15) is 9.90 Å². The summed E-state index contributed by atoms with van der Waals surface area (Å²) in [5.74, 6) is -0.107. The number of carbonyl (C=O) groups excluding carboxylic acids is 1. The van der Waals surface area contributed by atoms with Gasteiger partial charge in [-0.2, -0.15) is 0 Å². The minimum atomic E-state index is -0.402. The fourth-order valence-electron chi connectivity index (χ4n) is 3.41. The van der Waals surface area contributed by atoms with E-state index >= 15 is 0 Å². The number of benzene rings is 1. The molecule has 1 N–H and O–H groups in total. The molecule has 0 saturated carbocycles. The molecule has 30 heavy (non-hydrogen) atoms. The summed E-state index contributed by atoms with van der Waals surface area (Å²) in [4.78, 5) is 12.0. The molecule has 0 aliphatic rings. The zero-order valence-corrected chi connectivity index (χ0v) is 19.2. The molecule has 1 aromatic rings. The summed E-state index contributed by atoms with van der Waals surface area (Å²) in [6, 6.07) is 4.54. The summed E-state index contributed by atoms with van der Waals surface area (Å²) >= 11 is 0. The van der Waals surface area contributed by atoms with Gasteiger partial charge in [-0.3, -0.25) is 0 Å². The maximum atomic E-state index is 12.0. The van der Waals surface area contributed by atoms with E-state index < -0.39 is 5.97 Å². The van der Waals surface area contributed by atoms with Gasteiger partial charge < -0.3 is 14.6 Å². The number of ether oxygens (including phenoxy) is 2. The van der Waals surface area contributed by atoms with Crippen LogP contribution in [0.15, 0.2) is 30.4 Å². The number of allylic oxidation sites excluding steroid dienone is 2. The van der Waals surface area contributed by atoms with Crippen molar-refractivity contribution in [3.8, 4) is 11.5 Å². The number of unbranched alkanes of at least 4 members (excludes halogenated alkanes) is 12. The summed E-state index contributed by atoms with van der Waals surface area (Å²) in [6.07, 6.45) is 22.3. The number of methoxy groups -OCH3 is 1. The largest absolute Gasteiger partial charge is 0.504 e. The van der Waals surface area contributed by atoms with Crippen LogP contribution in [0.2, 0.25) is 0 Å². The maximum absolute atomic E-state index is 12.0. The van der Waals surface area contributed by atoms with Crippen molar-refractivity contribution in [1.82, 2.24) is 0 Å². The Labute approximate surface area is 183 Å². The van der Waals surface area contributed by atoms with E-state index in [0.717, 1.165) is 12.8 Å². The second-order valence-electron chi connectivity index (χ2n) is 7.96. The fraction of sp³-hybridized carbons (Fsp3) is 0.654. The number of phenolic OH excluding ortho intramolecular Hbond substituents is 1. The number of phenols is 1. The van der Waals surface area contributed by atoms with Crippen molar-refractivity contribution in [3.05, 3.63) is 35.9 Å². The fourth-order valence-corrected chi connectivity index (χ4v) is 3.41. The summed E-state index contributed by atoms with van der Waals surface area (Å²) in [7, 11) is 1.47. The third-order valence-electron chi connectivity index (χ3n) is 5.30. The second-order valence-corrected chi connectivity index (χ2v) is 7.96. The quantitative estimate of drug-likeness (QED) is 0.151. The molecule has 0 fully saturated rings. The molecule has 0 aromatic heterocycles. The van der Waals surface area contributed by atoms with Crippen molar-refractivity contribution in [2.75, 3.05) is 13.7 Å². The summed E-state index contributed by atoms with van der Waals surface area (Å²) in [5.41, 5.74) is 0.345. The van der Waals surface area contributed by atoms with E-state index in [1.807, 2.05) is 0 Å². The summed E-state index contributed by atoms with van der Waals surface area (Å²) in [5, 5.41) is 9.72. The highest BCUT2D eigenvalue weighted by Gasteiger charge is 2.10. The average Bonchev–Trinajstić information content (AvgIpc) is 2.75. The first-order valence-corrected chi connectivity index (χ1v) is 11.9. The van der Waals surface area contributed by atoms with Gasteiger partial charge in [-0.1, -0.05) is 76.9 Å². The van der Waals surface area contributed by atoms with Gasteiger partial charge in [-0.05, 0) is 50.3 Å². The Morgan fingerprint density at radius 2 is 1.43 bits per heavy atom. The Morgan fingerprint density at radius 3 is 2.00 bits per heavy atom. The molecule has 4 nitrogen and oxygen atoms in total. The average molecular weight is 419 g/mol. The minimum absolute atomic E-state index is 0.0517. The molecule has 0 heterocycles. The van der Waals surface area contributed by atoms with E-state index in [-0.39, 0.29) is 5.75 Å². The molecular weight excluding hydrogens is 376 g/mol. The maximum Gasteiger partial charge on any atom is 0.338 e. The monoisotopic (exact) mass is 418 g/mol. The highest BCUT2D eigenvalue weighted by atomic mass is 16.5. The lowest BCUT2D eigenvalue weighted by Gasteiger charge is -2.07. The van der Waals surface area contributed by atoms with Gasteiger partial charge in [0.1, 0.15) is 0 Å². The molecular formula is C26H42O4. The van der Waals surface area contributed by atoms with Gasteiger partial charge in [0.25, 0.3) is 0 Å². The van der Waals surface area contributed by atoms with Gasteiger partial charge in [0.05, 0.1) is 19.3 Å². The molecule has 0 amide bonds. The minimum Gasteiger partial charge on any atom is -0.504 e. The summed E-state index contributed by atoms with van der Waals surface area (Å²) in [6.45, 7) is 2.69. The number of rotatable bonds is 18. The van der Waals surface area contributed by atoms with Crippen molar-refractivity contribution in [1.29, 1.82) is 0 Å². The molecule has 0 bridgehead atoms. The highest BCUT2D eigenvalue weighted by molar-refractivity contribution is 5.90.